The number of benzene rings is 2. The minimum atomic E-state index is -0.539. The molecule has 0 aliphatic rings. The highest BCUT2D eigenvalue weighted by atomic mass is 32.2. The molecule has 2 aromatic carbocycles. The van der Waals surface area contributed by atoms with Crippen molar-refractivity contribution in [3.8, 4) is 11.4 Å². The second-order valence-corrected chi connectivity index (χ2v) is 6.69. The zero-order valence-electron chi connectivity index (χ0n) is 14.7. The second-order valence-electron chi connectivity index (χ2n) is 5.74. The van der Waals surface area contributed by atoms with Gasteiger partial charge >= 0.3 is 0 Å². The Balaban J connectivity index is 1.63. The molecule has 9 nitrogen and oxygen atoms in total. The zero-order valence-corrected chi connectivity index (χ0v) is 15.5. The molecular weight excluding hydrogens is 382 g/mol. The standard InChI is InChI=1S/C18H15N5O4S/c1-11(24)19-14-7-5-12(6-8-14)17-20-18(22-21-17)28-10-16(25)13-3-2-4-15(9-13)23(26)27/h2-9H,10H2,1H3,(H,19,24)(H,20,21,22). The number of aromatic nitrogens is 3. The van der Waals surface area contributed by atoms with Crippen LogP contribution in [-0.2, 0) is 4.79 Å². The van der Waals surface area contributed by atoms with Crippen LogP contribution in [-0.4, -0.2) is 37.5 Å². The third-order valence-corrected chi connectivity index (χ3v) is 4.50. The summed E-state index contributed by atoms with van der Waals surface area (Å²) in [7, 11) is 0. The van der Waals surface area contributed by atoms with E-state index in [2.05, 4.69) is 20.5 Å². The van der Waals surface area contributed by atoms with Crippen molar-refractivity contribution in [3.63, 3.8) is 0 Å². The van der Waals surface area contributed by atoms with E-state index in [1.54, 1.807) is 24.3 Å². The van der Waals surface area contributed by atoms with Gasteiger partial charge in [-0.25, -0.2) is 4.98 Å². The lowest BCUT2D eigenvalue weighted by molar-refractivity contribution is -0.384. The van der Waals surface area contributed by atoms with Gasteiger partial charge in [-0.1, -0.05) is 23.9 Å². The number of rotatable bonds is 7. The van der Waals surface area contributed by atoms with E-state index in [4.69, 9.17) is 0 Å². The Labute approximate surface area is 163 Å². The van der Waals surface area contributed by atoms with Crippen LogP contribution in [0.4, 0.5) is 11.4 Å². The summed E-state index contributed by atoms with van der Waals surface area (Å²) in [5.74, 6) is 0.179. The van der Waals surface area contributed by atoms with E-state index < -0.39 is 4.92 Å². The van der Waals surface area contributed by atoms with Gasteiger partial charge in [0.2, 0.25) is 11.1 Å². The number of hydrogen-bond donors (Lipinski definition) is 2. The number of nitrogens with zero attached hydrogens (tertiary/aromatic N) is 3. The highest BCUT2D eigenvalue weighted by molar-refractivity contribution is 7.99. The zero-order chi connectivity index (χ0) is 20.1. The number of aromatic amines is 1. The molecule has 0 aliphatic carbocycles. The molecule has 0 aliphatic heterocycles. The van der Waals surface area contributed by atoms with Gasteiger partial charge in [-0.15, -0.1) is 5.10 Å². The van der Waals surface area contributed by atoms with Crippen LogP contribution < -0.4 is 5.32 Å². The summed E-state index contributed by atoms with van der Waals surface area (Å²) in [6.45, 7) is 1.43. The molecule has 0 radical (unpaired) electrons. The number of ketones is 1. The van der Waals surface area contributed by atoms with Crippen molar-refractivity contribution in [1.82, 2.24) is 15.2 Å². The maximum atomic E-state index is 12.3. The van der Waals surface area contributed by atoms with Gasteiger partial charge in [-0.3, -0.25) is 24.8 Å². The lowest BCUT2D eigenvalue weighted by atomic mass is 10.1. The van der Waals surface area contributed by atoms with Gasteiger partial charge in [0.25, 0.3) is 5.69 Å². The van der Waals surface area contributed by atoms with Crippen molar-refractivity contribution in [2.24, 2.45) is 0 Å². The normalized spacial score (nSPS) is 10.5. The Morgan fingerprint density at radius 2 is 1.96 bits per heavy atom. The maximum Gasteiger partial charge on any atom is 0.270 e. The van der Waals surface area contributed by atoms with E-state index >= 15 is 0 Å². The number of hydrogen-bond acceptors (Lipinski definition) is 7. The van der Waals surface area contributed by atoms with Crippen molar-refractivity contribution >= 4 is 34.8 Å². The Morgan fingerprint density at radius 3 is 2.64 bits per heavy atom. The summed E-state index contributed by atoms with van der Waals surface area (Å²) < 4.78 is 0. The molecule has 1 aromatic heterocycles. The molecule has 0 saturated heterocycles. The number of nitro benzene ring substituents is 1. The van der Waals surface area contributed by atoms with Gasteiger partial charge in [-0.05, 0) is 24.3 Å². The number of anilines is 1. The van der Waals surface area contributed by atoms with Crippen LogP contribution in [0.1, 0.15) is 17.3 Å². The quantitative estimate of drug-likeness (QED) is 0.271. The first kappa shape index (κ1) is 19.2. The molecule has 2 N–H and O–H groups in total. The number of carbonyl (C=O) groups is 2. The van der Waals surface area contributed by atoms with Gasteiger partial charge in [0.15, 0.2) is 11.6 Å². The molecular formula is C18H15N5O4S. The molecule has 0 bridgehead atoms. The molecule has 0 atom stereocenters. The summed E-state index contributed by atoms with van der Waals surface area (Å²) in [5, 5.41) is 20.7. The molecule has 3 aromatic rings. The van der Waals surface area contributed by atoms with Gasteiger partial charge in [0.1, 0.15) is 0 Å². The fourth-order valence-corrected chi connectivity index (χ4v) is 3.05. The van der Waals surface area contributed by atoms with Crippen LogP contribution in [0.3, 0.4) is 0 Å². The molecule has 1 heterocycles. The maximum absolute atomic E-state index is 12.3. The van der Waals surface area contributed by atoms with Gasteiger partial charge < -0.3 is 5.32 Å². The average molecular weight is 397 g/mol. The molecule has 1 amide bonds. The van der Waals surface area contributed by atoms with Crippen molar-refractivity contribution in [2.45, 2.75) is 12.1 Å². The summed E-state index contributed by atoms with van der Waals surface area (Å²) in [5.41, 5.74) is 1.59. The van der Waals surface area contributed by atoms with Gasteiger partial charge in [0.05, 0.1) is 10.7 Å². The lowest BCUT2D eigenvalue weighted by Crippen LogP contribution is -2.05. The molecule has 3 rings (SSSR count). The summed E-state index contributed by atoms with van der Waals surface area (Å²) in [6, 6.07) is 12.7. The Morgan fingerprint density at radius 1 is 1.21 bits per heavy atom. The third-order valence-electron chi connectivity index (χ3n) is 3.65. The number of nitrogens with one attached hydrogen (secondary N) is 2. The number of carbonyl (C=O) groups excluding carboxylic acids is 2. The first-order valence-electron chi connectivity index (χ1n) is 8.13. The van der Waals surface area contributed by atoms with Gasteiger partial charge in [0, 0.05) is 35.9 Å². The first-order chi connectivity index (χ1) is 13.4. The van der Waals surface area contributed by atoms with E-state index in [0.29, 0.717) is 16.7 Å². The van der Waals surface area contributed by atoms with Crippen molar-refractivity contribution < 1.29 is 14.5 Å². The average Bonchev–Trinajstić information content (AvgIpc) is 3.15. The van der Waals surface area contributed by atoms with E-state index in [1.165, 1.54) is 31.2 Å². The topological polar surface area (TPSA) is 131 Å². The lowest BCUT2D eigenvalue weighted by Gasteiger charge is -2.02. The largest absolute Gasteiger partial charge is 0.326 e. The number of H-pyrrole nitrogens is 1. The predicted octanol–water partition coefficient (Wildman–Crippen LogP) is 3.31. The van der Waals surface area contributed by atoms with Crippen LogP contribution in [0.5, 0.6) is 0 Å². The Kier molecular flexibility index (Phi) is 5.80. The third kappa shape index (κ3) is 4.80. The number of thioether (sulfide) groups is 1. The fraction of sp³-hybridized carbons (Fsp3) is 0.111. The number of non-ortho nitro benzene ring substituents is 1. The fourth-order valence-electron chi connectivity index (χ4n) is 2.36. The molecule has 0 unspecified atom stereocenters. The van der Waals surface area contributed by atoms with E-state index in [9.17, 15) is 19.7 Å². The van der Waals surface area contributed by atoms with Crippen LogP contribution in [0, 0.1) is 10.1 Å². The van der Waals surface area contributed by atoms with E-state index in [0.717, 1.165) is 17.3 Å². The highest BCUT2D eigenvalue weighted by Crippen LogP contribution is 2.22. The molecule has 28 heavy (non-hydrogen) atoms. The van der Waals surface area contributed by atoms with Crippen LogP contribution in [0.25, 0.3) is 11.4 Å². The first-order valence-corrected chi connectivity index (χ1v) is 9.12. The number of nitro groups is 1. The number of Topliss-reactive ketones (excluding diaryl/α,β-unsaturated/α-hetero) is 1. The second kappa shape index (κ2) is 8.44. The Bertz CT molecular complexity index is 1030. The number of amides is 1. The van der Waals surface area contributed by atoms with Crippen molar-refractivity contribution in [1.29, 1.82) is 0 Å². The van der Waals surface area contributed by atoms with Crippen molar-refractivity contribution in [3.05, 3.63) is 64.2 Å². The molecule has 0 spiro atoms. The molecule has 0 saturated carbocycles. The van der Waals surface area contributed by atoms with Crippen LogP contribution >= 0.6 is 11.8 Å². The monoisotopic (exact) mass is 397 g/mol. The van der Waals surface area contributed by atoms with Crippen molar-refractivity contribution in [2.75, 3.05) is 11.1 Å². The van der Waals surface area contributed by atoms with E-state index in [-0.39, 0.29) is 28.7 Å². The highest BCUT2D eigenvalue weighted by Gasteiger charge is 2.14. The minimum absolute atomic E-state index is 0.0555. The summed E-state index contributed by atoms with van der Waals surface area (Å²) >= 11 is 1.13. The summed E-state index contributed by atoms with van der Waals surface area (Å²) in [6.07, 6.45) is 0. The molecule has 0 fully saturated rings. The van der Waals surface area contributed by atoms with Crippen LogP contribution in [0.15, 0.2) is 53.7 Å². The SMILES string of the molecule is CC(=O)Nc1ccc(-c2nc(SCC(=O)c3cccc([N+](=O)[O-])c3)n[nH]2)cc1. The van der Waals surface area contributed by atoms with Gasteiger partial charge in [-0.2, -0.15) is 0 Å². The predicted molar refractivity (Wildman–Crippen MR) is 104 cm³/mol. The Hall–Kier alpha value is -3.53. The summed E-state index contributed by atoms with van der Waals surface area (Å²) in [4.78, 5) is 37.9. The smallest absolute Gasteiger partial charge is 0.270 e. The van der Waals surface area contributed by atoms with E-state index in [1.807, 2.05) is 0 Å². The van der Waals surface area contributed by atoms with Crippen LogP contribution in [0.2, 0.25) is 0 Å². The molecule has 142 valence electrons. The minimum Gasteiger partial charge on any atom is -0.326 e. The molecule has 10 heteroatoms.